The highest BCUT2D eigenvalue weighted by molar-refractivity contribution is 9.10. The van der Waals surface area contributed by atoms with E-state index in [1.54, 1.807) is 12.1 Å². The zero-order valence-corrected chi connectivity index (χ0v) is 12.1. The first-order valence-electron chi connectivity index (χ1n) is 5.39. The molecule has 0 radical (unpaired) electrons. The molecule has 0 aliphatic heterocycles. The molecule has 0 saturated heterocycles. The Balaban J connectivity index is 2.13. The van der Waals surface area contributed by atoms with Crippen LogP contribution in [0.15, 0.2) is 40.9 Å². The van der Waals surface area contributed by atoms with Crippen LogP contribution >= 0.6 is 27.5 Å². The monoisotopic (exact) mass is 328 g/mol. The van der Waals surface area contributed by atoms with Gasteiger partial charge in [-0.25, -0.2) is 4.39 Å². The minimum Gasteiger partial charge on any atom is -0.487 e. The Morgan fingerprint density at radius 1 is 1.22 bits per heavy atom. The van der Waals surface area contributed by atoms with Crippen molar-refractivity contribution in [3.63, 3.8) is 0 Å². The summed E-state index contributed by atoms with van der Waals surface area (Å²) in [6.07, 6.45) is 0. The first-order chi connectivity index (χ1) is 8.56. The van der Waals surface area contributed by atoms with E-state index < -0.39 is 0 Å². The molecule has 1 nitrogen and oxygen atoms in total. The summed E-state index contributed by atoms with van der Waals surface area (Å²) in [5, 5.41) is 0.568. The molecule has 94 valence electrons. The zero-order chi connectivity index (χ0) is 13.1. The number of halogens is 3. The van der Waals surface area contributed by atoms with Gasteiger partial charge in [-0.3, -0.25) is 0 Å². The Labute approximate surface area is 119 Å². The third kappa shape index (κ3) is 3.24. The summed E-state index contributed by atoms with van der Waals surface area (Å²) < 4.78 is 19.3. The van der Waals surface area contributed by atoms with Gasteiger partial charge in [-0.05, 0) is 36.8 Å². The molecule has 0 amide bonds. The fraction of sp³-hybridized carbons (Fsp3) is 0.143. The minimum absolute atomic E-state index is 0.279. The Hall–Kier alpha value is -1.06. The van der Waals surface area contributed by atoms with Crippen molar-refractivity contribution >= 4 is 27.5 Å². The van der Waals surface area contributed by atoms with Crippen molar-refractivity contribution in [2.75, 3.05) is 0 Å². The summed E-state index contributed by atoms with van der Waals surface area (Å²) in [7, 11) is 0. The van der Waals surface area contributed by atoms with Crippen molar-refractivity contribution in [2.45, 2.75) is 13.5 Å². The van der Waals surface area contributed by atoms with Crippen LogP contribution in [-0.4, -0.2) is 0 Å². The van der Waals surface area contributed by atoms with Crippen molar-refractivity contribution in [1.29, 1.82) is 0 Å². The lowest BCUT2D eigenvalue weighted by molar-refractivity contribution is 0.305. The van der Waals surface area contributed by atoms with Gasteiger partial charge in [0, 0.05) is 10.0 Å². The zero-order valence-electron chi connectivity index (χ0n) is 9.71. The van der Waals surface area contributed by atoms with Gasteiger partial charge in [-0.2, -0.15) is 0 Å². The second kappa shape index (κ2) is 5.72. The average molecular weight is 330 g/mol. The quantitative estimate of drug-likeness (QED) is 0.758. The number of aryl methyl sites for hydroxylation is 1. The molecule has 2 rings (SSSR count). The third-order valence-electron chi connectivity index (χ3n) is 2.48. The van der Waals surface area contributed by atoms with Gasteiger partial charge < -0.3 is 4.74 Å². The van der Waals surface area contributed by atoms with Crippen molar-refractivity contribution in [1.82, 2.24) is 0 Å². The molecule has 0 N–H and O–H groups in total. The third-order valence-corrected chi connectivity index (χ3v) is 3.54. The second-order valence-electron chi connectivity index (χ2n) is 3.96. The Bertz CT molecular complexity index is 572. The van der Waals surface area contributed by atoms with Crippen LogP contribution in [-0.2, 0) is 6.61 Å². The first-order valence-corrected chi connectivity index (χ1v) is 6.56. The van der Waals surface area contributed by atoms with Crippen LogP contribution in [0, 0.1) is 12.7 Å². The summed E-state index contributed by atoms with van der Waals surface area (Å²) in [5.74, 6) is 0.354. The molecule has 2 aromatic carbocycles. The number of rotatable bonds is 3. The molecule has 0 spiro atoms. The Morgan fingerprint density at radius 3 is 2.72 bits per heavy atom. The molecule has 0 bridgehead atoms. The number of hydrogen-bond donors (Lipinski definition) is 0. The van der Waals surface area contributed by atoms with E-state index in [0.717, 1.165) is 11.1 Å². The topological polar surface area (TPSA) is 9.23 Å². The molecule has 2 aromatic rings. The van der Waals surface area contributed by atoms with Crippen LogP contribution in [0.25, 0.3) is 0 Å². The number of benzene rings is 2. The summed E-state index contributed by atoms with van der Waals surface area (Å²) in [6, 6.07) is 10.1. The molecule has 0 atom stereocenters. The molecular formula is C14H11BrClFO. The van der Waals surface area contributed by atoms with E-state index in [1.807, 2.05) is 19.1 Å². The molecule has 0 saturated carbocycles. The highest BCUT2D eigenvalue weighted by Gasteiger charge is 2.05. The summed E-state index contributed by atoms with van der Waals surface area (Å²) in [5.41, 5.74) is 1.95. The summed E-state index contributed by atoms with van der Waals surface area (Å²) in [6.45, 7) is 2.31. The van der Waals surface area contributed by atoms with E-state index in [2.05, 4.69) is 15.9 Å². The molecule has 0 aliphatic carbocycles. The summed E-state index contributed by atoms with van der Waals surface area (Å²) >= 11 is 9.33. The minimum atomic E-state index is -0.279. The molecule has 0 fully saturated rings. The average Bonchev–Trinajstić information content (AvgIpc) is 2.32. The summed E-state index contributed by atoms with van der Waals surface area (Å²) in [4.78, 5) is 0. The maximum atomic E-state index is 12.9. The van der Waals surface area contributed by atoms with Crippen LogP contribution in [0.2, 0.25) is 5.02 Å². The largest absolute Gasteiger partial charge is 0.487 e. The first kappa shape index (κ1) is 13.4. The molecule has 18 heavy (non-hydrogen) atoms. The number of ether oxygens (including phenoxy) is 1. The van der Waals surface area contributed by atoms with Crippen molar-refractivity contribution < 1.29 is 9.13 Å². The smallest absolute Gasteiger partial charge is 0.138 e. The van der Waals surface area contributed by atoms with Gasteiger partial charge in [0.05, 0.1) is 5.02 Å². The van der Waals surface area contributed by atoms with Crippen LogP contribution in [0.5, 0.6) is 5.75 Å². The van der Waals surface area contributed by atoms with E-state index in [0.29, 0.717) is 21.9 Å². The SMILES string of the molecule is Cc1ccc(Cl)c(OCc2ccc(F)cc2Br)c1. The van der Waals surface area contributed by atoms with Gasteiger partial charge in [0.25, 0.3) is 0 Å². The van der Waals surface area contributed by atoms with Gasteiger partial charge in [-0.1, -0.05) is 39.7 Å². The number of hydrogen-bond acceptors (Lipinski definition) is 1. The lowest BCUT2D eigenvalue weighted by Gasteiger charge is -2.10. The maximum absolute atomic E-state index is 12.9. The fourth-order valence-corrected chi connectivity index (χ4v) is 2.15. The maximum Gasteiger partial charge on any atom is 0.138 e. The van der Waals surface area contributed by atoms with E-state index in [-0.39, 0.29) is 5.82 Å². The predicted octanol–water partition coefficient (Wildman–Crippen LogP) is 5.13. The van der Waals surface area contributed by atoms with Gasteiger partial charge >= 0.3 is 0 Å². The predicted molar refractivity (Wildman–Crippen MR) is 74.6 cm³/mol. The second-order valence-corrected chi connectivity index (χ2v) is 5.22. The molecule has 0 aromatic heterocycles. The fourth-order valence-electron chi connectivity index (χ4n) is 1.52. The van der Waals surface area contributed by atoms with Gasteiger partial charge in [0.2, 0.25) is 0 Å². The molecule has 0 unspecified atom stereocenters. The lowest BCUT2D eigenvalue weighted by atomic mass is 10.2. The molecule has 0 aliphatic rings. The van der Waals surface area contributed by atoms with Gasteiger partial charge in [0.15, 0.2) is 0 Å². The molecule has 4 heteroatoms. The van der Waals surface area contributed by atoms with E-state index in [1.165, 1.54) is 12.1 Å². The Morgan fingerprint density at radius 2 is 2.00 bits per heavy atom. The highest BCUT2D eigenvalue weighted by atomic mass is 79.9. The van der Waals surface area contributed by atoms with Gasteiger partial charge in [0.1, 0.15) is 18.2 Å². The molecular weight excluding hydrogens is 319 g/mol. The molecule has 0 heterocycles. The standard InChI is InChI=1S/C14H11BrClFO/c1-9-2-5-13(16)14(6-9)18-8-10-3-4-11(17)7-12(10)15/h2-7H,8H2,1H3. The van der Waals surface area contributed by atoms with Crippen LogP contribution in [0.1, 0.15) is 11.1 Å². The van der Waals surface area contributed by atoms with Crippen molar-refractivity contribution in [2.24, 2.45) is 0 Å². The normalized spacial score (nSPS) is 10.4. The van der Waals surface area contributed by atoms with Crippen LogP contribution in [0.3, 0.4) is 0 Å². The van der Waals surface area contributed by atoms with E-state index in [4.69, 9.17) is 16.3 Å². The lowest BCUT2D eigenvalue weighted by Crippen LogP contribution is -1.97. The van der Waals surface area contributed by atoms with Crippen LogP contribution < -0.4 is 4.74 Å². The van der Waals surface area contributed by atoms with E-state index >= 15 is 0 Å². The van der Waals surface area contributed by atoms with Gasteiger partial charge in [-0.15, -0.1) is 0 Å². The highest BCUT2D eigenvalue weighted by Crippen LogP contribution is 2.27. The Kier molecular flexibility index (Phi) is 4.25. The van der Waals surface area contributed by atoms with Crippen molar-refractivity contribution in [3.8, 4) is 5.75 Å². The van der Waals surface area contributed by atoms with Crippen LogP contribution in [0.4, 0.5) is 4.39 Å². The van der Waals surface area contributed by atoms with Crippen molar-refractivity contribution in [3.05, 3.63) is 62.8 Å². The van der Waals surface area contributed by atoms with E-state index in [9.17, 15) is 4.39 Å².